The predicted molar refractivity (Wildman–Crippen MR) is 102 cm³/mol. The van der Waals surface area contributed by atoms with E-state index < -0.39 is 11.4 Å². The summed E-state index contributed by atoms with van der Waals surface area (Å²) < 4.78 is 5.28. The van der Waals surface area contributed by atoms with Gasteiger partial charge in [0.15, 0.2) is 0 Å². The number of nitrogens with zero attached hydrogens (tertiary/aromatic N) is 3. The van der Waals surface area contributed by atoms with Crippen LogP contribution in [0.1, 0.15) is 10.6 Å². The van der Waals surface area contributed by atoms with Gasteiger partial charge >= 0.3 is 5.97 Å². The zero-order chi connectivity index (χ0) is 19.4. The van der Waals surface area contributed by atoms with Gasteiger partial charge in [-0.25, -0.2) is 4.98 Å². The highest BCUT2D eigenvalue weighted by Gasteiger charge is 2.50. The molecule has 8 heteroatoms. The van der Waals surface area contributed by atoms with Crippen LogP contribution in [0.3, 0.4) is 0 Å². The molecule has 0 saturated carbocycles. The molecule has 1 amide bonds. The average Bonchev–Trinajstić information content (AvgIpc) is 3.11. The molecule has 0 spiro atoms. The number of carboxylic acids is 1. The maximum absolute atomic E-state index is 13.3. The Labute approximate surface area is 162 Å². The molecule has 1 aliphatic rings. The standard InChI is InChI=1S/C19H23N3O4S/c1-21(10-16-20-6-7-27-16)18(25)19(12-22(13-19)11-17(23)24)9-14-4-3-5-15(8-14)26-2/h3-8H,9-13H2,1-2H3,(H,23,24). The smallest absolute Gasteiger partial charge is 0.317 e. The van der Waals surface area contributed by atoms with Crippen LogP contribution in [0, 0.1) is 5.41 Å². The summed E-state index contributed by atoms with van der Waals surface area (Å²) in [6, 6.07) is 7.66. The maximum Gasteiger partial charge on any atom is 0.317 e. The quantitative estimate of drug-likeness (QED) is 0.741. The van der Waals surface area contributed by atoms with Crippen LogP contribution in [-0.4, -0.2) is 65.6 Å². The predicted octanol–water partition coefficient (Wildman–Crippen LogP) is 1.74. The lowest BCUT2D eigenvalue weighted by Gasteiger charge is -2.49. The Bertz CT molecular complexity index is 803. The van der Waals surface area contributed by atoms with Gasteiger partial charge in [-0.15, -0.1) is 11.3 Å². The van der Waals surface area contributed by atoms with Crippen molar-refractivity contribution < 1.29 is 19.4 Å². The highest BCUT2D eigenvalue weighted by molar-refractivity contribution is 7.09. The van der Waals surface area contributed by atoms with Crippen LogP contribution in [0.2, 0.25) is 0 Å². The number of benzene rings is 1. The minimum absolute atomic E-state index is 0.0159. The molecule has 0 unspecified atom stereocenters. The lowest BCUT2D eigenvalue weighted by molar-refractivity contribution is -0.157. The molecule has 0 radical (unpaired) electrons. The second-order valence-electron chi connectivity index (χ2n) is 6.93. The van der Waals surface area contributed by atoms with Gasteiger partial charge in [0.05, 0.1) is 25.6 Å². The number of aliphatic carboxylic acids is 1. The van der Waals surface area contributed by atoms with Crippen LogP contribution in [0.4, 0.5) is 0 Å². The number of hydrogen-bond donors (Lipinski definition) is 1. The third kappa shape index (κ3) is 4.45. The summed E-state index contributed by atoms with van der Waals surface area (Å²) >= 11 is 1.51. The van der Waals surface area contributed by atoms with Crippen molar-refractivity contribution >= 4 is 23.2 Å². The SMILES string of the molecule is COc1cccc(CC2(C(=O)N(C)Cc3nccs3)CN(CC(=O)O)C2)c1. The van der Waals surface area contributed by atoms with Gasteiger partial charge in [-0.1, -0.05) is 12.1 Å². The van der Waals surface area contributed by atoms with Crippen molar-refractivity contribution in [1.82, 2.24) is 14.8 Å². The van der Waals surface area contributed by atoms with Gasteiger partial charge in [-0.05, 0) is 24.1 Å². The van der Waals surface area contributed by atoms with Gasteiger partial charge in [0.1, 0.15) is 10.8 Å². The number of carboxylic acid groups (broad SMARTS) is 1. The number of carbonyl (C=O) groups is 2. The summed E-state index contributed by atoms with van der Waals surface area (Å²) in [5, 5.41) is 11.8. The topological polar surface area (TPSA) is 83.0 Å². The number of thiazole rings is 1. The number of hydrogen-bond acceptors (Lipinski definition) is 6. The van der Waals surface area contributed by atoms with Gasteiger partial charge in [0.25, 0.3) is 0 Å². The molecule has 1 aromatic heterocycles. The number of likely N-dealkylation sites (tertiary alicyclic amines) is 1. The highest BCUT2D eigenvalue weighted by atomic mass is 32.1. The Balaban J connectivity index is 1.77. The molecular weight excluding hydrogens is 366 g/mol. The minimum atomic E-state index is -0.881. The normalized spacial score (nSPS) is 15.8. The minimum Gasteiger partial charge on any atom is -0.497 e. The molecule has 3 rings (SSSR count). The van der Waals surface area contributed by atoms with Crippen molar-refractivity contribution in [2.75, 3.05) is 33.8 Å². The molecule has 27 heavy (non-hydrogen) atoms. The van der Waals surface area contributed by atoms with E-state index in [9.17, 15) is 9.59 Å². The van der Waals surface area contributed by atoms with Crippen molar-refractivity contribution in [3.05, 3.63) is 46.4 Å². The van der Waals surface area contributed by atoms with Crippen LogP contribution >= 0.6 is 11.3 Å². The number of rotatable bonds is 8. The van der Waals surface area contributed by atoms with Crippen molar-refractivity contribution in [1.29, 1.82) is 0 Å². The zero-order valence-corrected chi connectivity index (χ0v) is 16.2. The Hall–Kier alpha value is -2.45. The van der Waals surface area contributed by atoms with E-state index >= 15 is 0 Å². The molecule has 1 aliphatic heterocycles. The van der Waals surface area contributed by atoms with Crippen LogP contribution < -0.4 is 4.74 Å². The monoisotopic (exact) mass is 389 g/mol. The Morgan fingerprint density at radius 1 is 1.41 bits per heavy atom. The van der Waals surface area contributed by atoms with Gasteiger partial charge in [-0.3, -0.25) is 14.5 Å². The zero-order valence-electron chi connectivity index (χ0n) is 15.4. The van der Waals surface area contributed by atoms with Crippen molar-refractivity contribution in [2.24, 2.45) is 5.41 Å². The van der Waals surface area contributed by atoms with E-state index in [4.69, 9.17) is 9.84 Å². The van der Waals surface area contributed by atoms with Crippen molar-refractivity contribution in [3.8, 4) is 5.75 Å². The van der Waals surface area contributed by atoms with E-state index in [1.54, 1.807) is 30.2 Å². The molecule has 2 heterocycles. The third-order valence-corrected chi connectivity index (χ3v) is 5.51. The number of methoxy groups -OCH3 is 1. The van der Waals surface area contributed by atoms with Crippen LogP contribution in [0.15, 0.2) is 35.8 Å². The first kappa shape index (κ1) is 19.3. The molecule has 1 N–H and O–H groups in total. The second-order valence-corrected chi connectivity index (χ2v) is 7.91. The lowest BCUT2D eigenvalue weighted by atomic mass is 9.73. The third-order valence-electron chi connectivity index (χ3n) is 4.74. The fourth-order valence-electron chi connectivity index (χ4n) is 3.62. The van der Waals surface area contributed by atoms with Crippen LogP contribution in [0.5, 0.6) is 5.75 Å². The van der Waals surface area contributed by atoms with E-state index in [2.05, 4.69) is 4.98 Å². The number of aromatic nitrogens is 1. The summed E-state index contributed by atoms with van der Waals surface area (Å²) in [5.74, 6) is -0.122. The highest BCUT2D eigenvalue weighted by Crippen LogP contribution is 2.37. The second kappa shape index (κ2) is 8.06. The van der Waals surface area contributed by atoms with E-state index in [0.29, 0.717) is 26.1 Å². The van der Waals surface area contributed by atoms with E-state index in [1.807, 2.05) is 29.6 Å². The van der Waals surface area contributed by atoms with Gasteiger partial charge in [0.2, 0.25) is 5.91 Å². The summed E-state index contributed by atoms with van der Waals surface area (Å²) in [7, 11) is 3.39. The fourth-order valence-corrected chi connectivity index (χ4v) is 4.29. The molecule has 0 atom stereocenters. The first-order valence-corrected chi connectivity index (χ1v) is 9.51. The summed E-state index contributed by atoms with van der Waals surface area (Å²) in [5.41, 5.74) is 0.369. The molecule has 1 fully saturated rings. The van der Waals surface area contributed by atoms with E-state index in [1.165, 1.54) is 11.3 Å². The average molecular weight is 389 g/mol. The molecular formula is C19H23N3O4S. The van der Waals surface area contributed by atoms with Gasteiger partial charge in [0, 0.05) is 31.7 Å². The van der Waals surface area contributed by atoms with Crippen LogP contribution in [-0.2, 0) is 22.6 Å². The largest absolute Gasteiger partial charge is 0.497 e. The number of ether oxygens (including phenoxy) is 1. The Morgan fingerprint density at radius 3 is 2.81 bits per heavy atom. The Kier molecular flexibility index (Phi) is 5.76. The van der Waals surface area contributed by atoms with Crippen molar-refractivity contribution in [3.63, 3.8) is 0 Å². The molecule has 1 aromatic carbocycles. The molecule has 7 nitrogen and oxygen atoms in total. The van der Waals surface area contributed by atoms with Gasteiger partial charge < -0.3 is 14.7 Å². The van der Waals surface area contributed by atoms with E-state index in [-0.39, 0.29) is 12.5 Å². The van der Waals surface area contributed by atoms with Crippen LogP contribution in [0.25, 0.3) is 0 Å². The maximum atomic E-state index is 13.3. The lowest BCUT2D eigenvalue weighted by Crippen LogP contribution is -2.65. The van der Waals surface area contributed by atoms with E-state index in [0.717, 1.165) is 16.3 Å². The van der Waals surface area contributed by atoms with Crippen molar-refractivity contribution in [2.45, 2.75) is 13.0 Å². The first-order chi connectivity index (χ1) is 12.9. The summed E-state index contributed by atoms with van der Waals surface area (Å²) in [6.45, 7) is 1.26. The first-order valence-electron chi connectivity index (χ1n) is 8.63. The molecule has 0 aliphatic carbocycles. The summed E-state index contributed by atoms with van der Waals surface area (Å²) in [4.78, 5) is 32.0. The molecule has 0 bridgehead atoms. The molecule has 1 saturated heterocycles. The molecule has 144 valence electrons. The number of carbonyl (C=O) groups excluding carboxylic acids is 1. The number of amides is 1. The fraction of sp³-hybridized carbons (Fsp3) is 0.421. The molecule has 2 aromatic rings. The summed E-state index contributed by atoms with van der Waals surface area (Å²) in [6.07, 6.45) is 2.27. The van der Waals surface area contributed by atoms with Gasteiger partial charge in [-0.2, -0.15) is 0 Å². The Morgan fingerprint density at radius 2 is 2.19 bits per heavy atom.